The molecule has 0 amide bonds. The predicted molar refractivity (Wildman–Crippen MR) is 243 cm³/mol. The molecule has 0 aliphatic rings. The van der Waals surface area contributed by atoms with Crippen LogP contribution in [0.3, 0.4) is 0 Å². The number of ether oxygens (including phenoxy) is 3. The lowest BCUT2D eigenvalue weighted by atomic mass is 10.0. The Labute approximate surface area is 355 Å². The highest BCUT2D eigenvalue weighted by atomic mass is 16.6. The van der Waals surface area contributed by atoms with Gasteiger partial charge in [-0.3, -0.25) is 14.4 Å². The number of esters is 3. The van der Waals surface area contributed by atoms with Crippen LogP contribution < -0.4 is 0 Å². The summed E-state index contributed by atoms with van der Waals surface area (Å²) in [6.07, 6.45) is 46.6. The van der Waals surface area contributed by atoms with E-state index in [2.05, 4.69) is 27.7 Å². The third-order valence-corrected chi connectivity index (χ3v) is 11.5. The highest BCUT2D eigenvalue weighted by Crippen LogP contribution is 2.17. The SMILES string of the molecule is CCCCCCCCCCCCCC(=O)O[C@@H](COC(=O)CCCCCCCCCCCC)COC(=O)CCCCCCCCCCCCCCCCCC(C)C. The van der Waals surface area contributed by atoms with E-state index in [1.54, 1.807) is 0 Å². The van der Waals surface area contributed by atoms with E-state index in [4.69, 9.17) is 14.2 Å². The van der Waals surface area contributed by atoms with E-state index in [1.807, 2.05) is 0 Å². The number of rotatable bonds is 46. The lowest BCUT2D eigenvalue weighted by molar-refractivity contribution is -0.167. The Hall–Kier alpha value is -1.59. The summed E-state index contributed by atoms with van der Waals surface area (Å²) in [6.45, 7) is 9.02. The molecule has 0 spiro atoms. The van der Waals surface area contributed by atoms with E-state index in [0.29, 0.717) is 19.3 Å². The molecule has 0 saturated heterocycles. The molecule has 0 radical (unpaired) electrons. The maximum atomic E-state index is 12.7. The van der Waals surface area contributed by atoms with Gasteiger partial charge in [0.1, 0.15) is 13.2 Å². The number of hydrogen-bond donors (Lipinski definition) is 0. The lowest BCUT2D eigenvalue weighted by Crippen LogP contribution is -2.30. The topological polar surface area (TPSA) is 78.9 Å². The number of unbranched alkanes of at least 4 members (excludes halogenated alkanes) is 33. The van der Waals surface area contributed by atoms with Crippen LogP contribution in [0.5, 0.6) is 0 Å². The molecule has 0 unspecified atom stereocenters. The number of carbonyl (C=O) groups excluding carboxylic acids is 3. The van der Waals surface area contributed by atoms with Gasteiger partial charge in [-0.15, -0.1) is 0 Å². The molecule has 1 atom stereocenters. The van der Waals surface area contributed by atoms with Crippen LogP contribution in [0, 0.1) is 5.92 Å². The van der Waals surface area contributed by atoms with Crippen LogP contribution in [0.15, 0.2) is 0 Å². The molecule has 6 nitrogen and oxygen atoms in total. The maximum absolute atomic E-state index is 12.7. The molecule has 0 N–H and O–H groups in total. The van der Waals surface area contributed by atoms with Gasteiger partial charge in [0.2, 0.25) is 0 Å². The first-order valence-electron chi connectivity index (χ1n) is 25.4. The second-order valence-electron chi connectivity index (χ2n) is 17.9. The molecule has 0 fully saturated rings. The molecule has 0 heterocycles. The molecular weight excluding hydrogens is 709 g/mol. The van der Waals surface area contributed by atoms with Crippen molar-refractivity contribution >= 4 is 17.9 Å². The standard InChI is InChI=1S/C51H98O6/c1-5-7-9-11-13-15-22-28-32-36-40-44-51(54)57-48(45-55-49(52)42-38-34-30-26-16-14-12-10-8-6-2)46-56-50(53)43-39-35-31-27-24-21-19-17-18-20-23-25-29-33-37-41-47(3)4/h47-48H,5-46H2,1-4H3/t48-/m0/s1. The van der Waals surface area contributed by atoms with Crippen LogP contribution in [-0.2, 0) is 28.6 Å². The first-order valence-corrected chi connectivity index (χ1v) is 25.4. The van der Waals surface area contributed by atoms with Crippen molar-refractivity contribution in [1.82, 2.24) is 0 Å². The van der Waals surface area contributed by atoms with E-state index in [-0.39, 0.29) is 31.1 Å². The van der Waals surface area contributed by atoms with Crippen molar-refractivity contribution in [3.63, 3.8) is 0 Å². The first-order chi connectivity index (χ1) is 27.9. The molecule has 0 aromatic heterocycles. The molecule has 0 saturated carbocycles. The Morgan fingerprint density at radius 1 is 0.333 bits per heavy atom. The molecule has 0 aromatic rings. The molecule has 338 valence electrons. The van der Waals surface area contributed by atoms with E-state index in [9.17, 15) is 14.4 Å². The zero-order chi connectivity index (χ0) is 41.7. The van der Waals surface area contributed by atoms with Crippen LogP contribution in [0.1, 0.15) is 285 Å². The summed E-state index contributed by atoms with van der Waals surface area (Å²) >= 11 is 0. The summed E-state index contributed by atoms with van der Waals surface area (Å²) in [5.41, 5.74) is 0. The quantitative estimate of drug-likeness (QED) is 0.0346. The van der Waals surface area contributed by atoms with Gasteiger partial charge in [-0.05, 0) is 25.2 Å². The van der Waals surface area contributed by atoms with Crippen LogP contribution >= 0.6 is 0 Å². The Balaban J connectivity index is 4.23. The van der Waals surface area contributed by atoms with Gasteiger partial charge in [0.15, 0.2) is 6.10 Å². The molecule has 57 heavy (non-hydrogen) atoms. The number of hydrogen-bond acceptors (Lipinski definition) is 6. The third-order valence-electron chi connectivity index (χ3n) is 11.5. The molecule has 0 bridgehead atoms. The summed E-state index contributed by atoms with van der Waals surface area (Å²) in [5, 5.41) is 0. The summed E-state index contributed by atoms with van der Waals surface area (Å²) < 4.78 is 16.8. The Morgan fingerprint density at radius 3 is 0.860 bits per heavy atom. The Kier molecular flexibility index (Phi) is 44.2. The normalized spacial score (nSPS) is 11.9. The van der Waals surface area contributed by atoms with Crippen LogP contribution in [0.4, 0.5) is 0 Å². The van der Waals surface area contributed by atoms with Crippen LogP contribution in [-0.4, -0.2) is 37.2 Å². The van der Waals surface area contributed by atoms with Gasteiger partial charge in [-0.2, -0.15) is 0 Å². The zero-order valence-corrected chi connectivity index (χ0v) is 38.8. The molecule has 0 rings (SSSR count). The summed E-state index contributed by atoms with van der Waals surface area (Å²) in [7, 11) is 0. The molecule has 6 heteroatoms. The third kappa shape index (κ3) is 45.3. The summed E-state index contributed by atoms with van der Waals surface area (Å²) in [6, 6.07) is 0. The smallest absolute Gasteiger partial charge is 0.306 e. The van der Waals surface area contributed by atoms with Crippen LogP contribution in [0.25, 0.3) is 0 Å². The van der Waals surface area contributed by atoms with E-state index in [0.717, 1.165) is 63.7 Å². The maximum Gasteiger partial charge on any atom is 0.306 e. The molecule has 0 aromatic carbocycles. The first kappa shape index (κ1) is 55.4. The van der Waals surface area contributed by atoms with Gasteiger partial charge in [0, 0.05) is 19.3 Å². The second kappa shape index (κ2) is 45.5. The van der Waals surface area contributed by atoms with Gasteiger partial charge < -0.3 is 14.2 Å². The van der Waals surface area contributed by atoms with Crippen molar-refractivity contribution in [3.8, 4) is 0 Å². The van der Waals surface area contributed by atoms with Crippen molar-refractivity contribution in [3.05, 3.63) is 0 Å². The van der Waals surface area contributed by atoms with E-state index >= 15 is 0 Å². The minimum Gasteiger partial charge on any atom is -0.462 e. The molecule has 0 aliphatic heterocycles. The summed E-state index contributed by atoms with van der Waals surface area (Å²) in [4.78, 5) is 37.8. The van der Waals surface area contributed by atoms with Crippen molar-refractivity contribution in [2.45, 2.75) is 291 Å². The fourth-order valence-corrected chi connectivity index (χ4v) is 7.69. The minimum atomic E-state index is -0.759. The van der Waals surface area contributed by atoms with Gasteiger partial charge >= 0.3 is 17.9 Å². The van der Waals surface area contributed by atoms with Gasteiger partial charge in [-0.25, -0.2) is 0 Å². The van der Waals surface area contributed by atoms with Gasteiger partial charge in [0.25, 0.3) is 0 Å². The average molecular weight is 807 g/mol. The van der Waals surface area contributed by atoms with Crippen molar-refractivity contribution in [2.24, 2.45) is 5.92 Å². The van der Waals surface area contributed by atoms with E-state index < -0.39 is 6.10 Å². The van der Waals surface area contributed by atoms with Crippen molar-refractivity contribution in [2.75, 3.05) is 13.2 Å². The van der Waals surface area contributed by atoms with E-state index in [1.165, 1.54) is 180 Å². The zero-order valence-electron chi connectivity index (χ0n) is 38.8. The van der Waals surface area contributed by atoms with Gasteiger partial charge in [-0.1, -0.05) is 246 Å². The Bertz CT molecular complexity index is 857. The monoisotopic (exact) mass is 807 g/mol. The fraction of sp³-hybridized carbons (Fsp3) is 0.941. The molecule has 0 aliphatic carbocycles. The highest BCUT2D eigenvalue weighted by molar-refractivity contribution is 5.71. The van der Waals surface area contributed by atoms with Gasteiger partial charge in [0.05, 0.1) is 0 Å². The minimum absolute atomic E-state index is 0.0628. The van der Waals surface area contributed by atoms with Crippen LogP contribution in [0.2, 0.25) is 0 Å². The fourth-order valence-electron chi connectivity index (χ4n) is 7.69. The molecular formula is C51H98O6. The summed E-state index contributed by atoms with van der Waals surface area (Å²) in [5.74, 6) is 0.00135. The average Bonchev–Trinajstić information content (AvgIpc) is 3.19. The largest absolute Gasteiger partial charge is 0.462 e. The second-order valence-corrected chi connectivity index (χ2v) is 17.9. The van der Waals surface area contributed by atoms with Crippen molar-refractivity contribution in [1.29, 1.82) is 0 Å². The van der Waals surface area contributed by atoms with Crippen molar-refractivity contribution < 1.29 is 28.6 Å². The lowest BCUT2D eigenvalue weighted by Gasteiger charge is -2.18. The number of carbonyl (C=O) groups is 3. The Morgan fingerprint density at radius 2 is 0.579 bits per heavy atom. The predicted octanol–water partition coefficient (Wildman–Crippen LogP) is 16.3. The highest BCUT2D eigenvalue weighted by Gasteiger charge is 2.19.